The summed E-state index contributed by atoms with van der Waals surface area (Å²) < 4.78 is 0. The largest absolute Gasteiger partial charge is 0.319 e. The van der Waals surface area contributed by atoms with Crippen molar-refractivity contribution in [3.63, 3.8) is 0 Å². The molecule has 78 valence electrons. The Morgan fingerprint density at radius 1 is 1.38 bits per heavy atom. The Labute approximate surface area is 83.9 Å². The van der Waals surface area contributed by atoms with Crippen molar-refractivity contribution in [2.75, 3.05) is 13.6 Å². The molecule has 1 N–H and O–H groups in total. The maximum absolute atomic E-state index is 4.00. The number of hydrogen-bond acceptors (Lipinski definition) is 1. The van der Waals surface area contributed by atoms with Gasteiger partial charge >= 0.3 is 0 Å². The zero-order valence-electron chi connectivity index (χ0n) is 9.91. The summed E-state index contributed by atoms with van der Waals surface area (Å²) >= 11 is 0. The summed E-state index contributed by atoms with van der Waals surface area (Å²) in [4.78, 5) is 0. The van der Waals surface area contributed by atoms with Gasteiger partial charge in [0, 0.05) is 0 Å². The second-order valence-electron chi connectivity index (χ2n) is 2.75. The Hall–Kier alpha value is -0.560. The molecule has 1 heteroatoms. The highest BCUT2D eigenvalue weighted by molar-refractivity contribution is 5.25. The highest BCUT2D eigenvalue weighted by Crippen LogP contribution is 2.10. The van der Waals surface area contributed by atoms with Crippen LogP contribution in [0.2, 0.25) is 0 Å². The van der Waals surface area contributed by atoms with E-state index in [1.807, 2.05) is 20.9 Å². The number of rotatable bonds is 5. The first kappa shape index (κ1) is 14.9. The molecule has 0 unspecified atom stereocenters. The maximum Gasteiger partial charge on any atom is -0.00115 e. The van der Waals surface area contributed by atoms with Crippen LogP contribution in [0.1, 0.15) is 40.5 Å². The van der Waals surface area contributed by atoms with Crippen molar-refractivity contribution in [2.45, 2.75) is 40.5 Å². The molecule has 0 aromatic rings. The molecule has 0 rings (SSSR count). The van der Waals surface area contributed by atoms with Crippen LogP contribution in [0.15, 0.2) is 23.8 Å². The van der Waals surface area contributed by atoms with Gasteiger partial charge in [-0.2, -0.15) is 0 Å². The lowest BCUT2D eigenvalue weighted by Crippen LogP contribution is -2.08. The molecule has 0 aromatic heterocycles. The van der Waals surface area contributed by atoms with Crippen LogP contribution in [0.4, 0.5) is 0 Å². The van der Waals surface area contributed by atoms with Crippen LogP contribution >= 0.6 is 0 Å². The predicted octanol–water partition coefficient (Wildman–Crippen LogP) is 3.53. The lowest BCUT2D eigenvalue weighted by molar-refractivity contribution is 0.789. The summed E-state index contributed by atoms with van der Waals surface area (Å²) in [5.74, 6) is 0. The first-order chi connectivity index (χ1) is 6.22. The van der Waals surface area contributed by atoms with E-state index >= 15 is 0 Å². The van der Waals surface area contributed by atoms with Gasteiger partial charge in [-0.3, -0.25) is 0 Å². The van der Waals surface area contributed by atoms with Crippen molar-refractivity contribution in [1.29, 1.82) is 0 Å². The van der Waals surface area contributed by atoms with Crippen LogP contribution in [0.5, 0.6) is 0 Å². The maximum atomic E-state index is 4.00. The zero-order valence-corrected chi connectivity index (χ0v) is 9.91. The molecule has 0 heterocycles. The second kappa shape index (κ2) is 11.4. The average Bonchev–Trinajstić information content (AvgIpc) is 2.17. The van der Waals surface area contributed by atoms with E-state index < -0.39 is 0 Å². The molecule has 0 radical (unpaired) electrons. The van der Waals surface area contributed by atoms with Crippen molar-refractivity contribution in [2.24, 2.45) is 0 Å². The minimum Gasteiger partial charge on any atom is -0.319 e. The Morgan fingerprint density at radius 3 is 2.31 bits per heavy atom. The number of allylic oxidation sites excluding steroid dienone is 2. The Morgan fingerprint density at radius 2 is 1.92 bits per heavy atom. The molecule has 13 heavy (non-hydrogen) atoms. The third kappa shape index (κ3) is 9.35. The third-order valence-electron chi connectivity index (χ3n) is 1.74. The van der Waals surface area contributed by atoms with E-state index in [1.54, 1.807) is 0 Å². The first-order valence-corrected chi connectivity index (χ1v) is 5.21. The molecule has 0 aliphatic heterocycles. The van der Waals surface area contributed by atoms with Gasteiger partial charge in [-0.1, -0.05) is 44.6 Å². The van der Waals surface area contributed by atoms with Crippen LogP contribution in [0.25, 0.3) is 0 Å². The van der Waals surface area contributed by atoms with Crippen molar-refractivity contribution >= 4 is 0 Å². The summed E-state index contributed by atoms with van der Waals surface area (Å²) in [5, 5.41) is 3.11. The monoisotopic (exact) mass is 183 g/mol. The van der Waals surface area contributed by atoms with Gasteiger partial charge in [0.25, 0.3) is 0 Å². The smallest absolute Gasteiger partial charge is 0.00115 e. The molecule has 0 saturated heterocycles. The molecule has 0 atom stereocenters. The summed E-state index contributed by atoms with van der Waals surface area (Å²) in [5.41, 5.74) is 2.59. The summed E-state index contributed by atoms with van der Waals surface area (Å²) in [6, 6.07) is 0. The van der Waals surface area contributed by atoms with Gasteiger partial charge in [-0.05, 0) is 33.4 Å². The van der Waals surface area contributed by atoms with E-state index in [0.29, 0.717) is 0 Å². The quantitative estimate of drug-likeness (QED) is 0.643. The molecular weight excluding hydrogens is 158 g/mol. The van der Waals surface area contributed by atoms with Crippen LogP contribution in [-0.4, -0.2) is 13.6 Å². The summed E-state index contributed by atoms with van der Waals surface area (Å²) in [6.45, 7) is 13.3. The van der Waals surface area contributed by atoms with Crippen LogP contribution < -0.4 is 5.32 Å². The Kier molecular flexibility index (Phi) is 13.1. The molecule has 1 nitrogen and oxygen atoms in total. The topological polar surface area (TPSA) is 12.0 Å². The highest BCUT2D eigenvalue weighted by Gasteiger charge is 1.94. The molecule has 0 aromatic carbocycles. The molecular formula is C12H25N. The predicted molar refractivity (Wildman–Crippen MR) is 63.1 cm³/mol. The van der Waals surface area contributed by atoms with E-state index in [9.17, 15) is 0 Å². The third-order valence-corrected chi connectivity index (χ3v) is 1.74. The Bertz CT molecular complexity index is 145. The highest BCUT2D eigenvalue weighted by atomic mass is 14.8. The van der Waals surface area contributed by atoms with E-state index in [2.05, 4.69) is 31.8 Å². The molecule has 0 amide bonds. The SMILES string of the molecule is C=C(CCNC)/C(C)=C/CC.CC. The normalized spacial score (nSPS) is 10.4. The van der Waals surface area contributed by atoms with E-state index in [4.69, 9.17) is 0 Å². The van der Waals surface area contributed by atoms with Crippen LogP contribution in [-0.2, 0) is 0 Å². The van der Waals surface area contributed by atoms with Gasteiger partial charge in [0.1, 0.15) is 0 Å². The van der Waals surface area contributed by atoms with E-state index in [1.165, 1.54) is 11.1 Å². The Balaban J connectivity index is 0. The van der Waals surface area contributed by atoms with Crippen LogP contribution in [0.3, 0.4) is 0 Å². The van der Waals surface area contributed by atoms with Crippen molar-refractivity contribution in [3.8, 4) is 0 Å². The number of hydrogen-bond donors (Lipinski definition) is 1. The van der Waals surface area contributed by atoms with Gasteiger partial charge in [-0.25, -0.2) is 0 Å². The second-order valence-corrected chi connectivity index (χ2v) is 2.75. The van der Waals surface area contributed by atoms with E-state index in [0.717, 1.165) is 19.4 Å². The fourth-order valence-corrected chi connectivity index (χ4v) is 0.924. The molecule has 0 bridgehead atoms. The van der Waals surface area contributed by atoms with Gasteiger partial charge in [0.15, 0.2) is 0 Å². The molecule has 0 spiro atoms. The zero-order chi connectivity index (χ0) is 10.7. The molecule has 0 aliphatic carbocycles. The fourth-order valence-electron chi connectivity index (χ4n) is 0.924. The van der Waals surface area contributed by atoms with Crippen molar-refractivity contribution in [3.05, 3.63) is 23.8 Å². The van der Waals surface area contributed by atoms with E-state index in [-0.39, 0.29) is 0 Å². The fraction of sp³-hybridized carbons (Fsp3) is 0.667. The summed E-state index contributed by atoms with van der Waals surface area (Å²) in [7, 11) is 1.96. The lowest BCUT2D eigenvalue weighted by Gasteiger charge is -2.04. The van der Waals surface area contributed by atoms with Crippen molar-refractivity contribution < 1.29 is 0 Å². The van der Waals surface area contributed by atoms with Crippen LogP contribution in [0, 0.1) is 0 Å². The molecule has 0 saturated carbocycles. The average molecular weight is 183 g/mol. The van der Waals surface area contributed by atoms with Crippen molar-refractivity contribution in [1.82, 2.24) is 5.32 Å². The lowest BCUT2D eigenvalue weighted by atomic mass is 10.1. The number of nitrogens with one attached hydrogen (secondary N) is 1. The summed E-state index contributed by atoms with van der Waals surface area (Å²) in [6.07, 6.45) is 4.38. The van der Waals surface area contributed by atoms with Gasteiger partial charge in [0.05, 0.1) is 0 Å². The standard InChI is InChI=1S/C10H19N.C2H6/c1-5-6-9(2)10(3)7-8-11-4;1-2/h6,11H,3,5,7-8H2,1-2,4H3;1-2H3/b9-6+;. The molecule has 0 fully saturated rings. The minimum atomic E-state index is 1.02. The first-order valence-electron chi connectivity index (χ1n) is 5.21. The van der Waals surface area contributed by atoms with Gasteiger partial charge in [0.2, 0.25) is 0 Å². The minimum absolute atomic E-state index is 1.02. The van der Waals surface area contributed by atoms with Gasteiger partial charge in [-0.15, -0.1) is 0 Å². The molecule has 0 aliphatic rings. The van der Waals surface area contributed by atoms with Gasteiger partial charge < -0.3 is 5.32 Å².